The quantitative estimate of drug-likeness (QED) is 0.621. The van der Waals surface area contributed by atoms with Crippen LogP contribution >= 0.6 is 11.3 Å². The first kappa shape index (κ1) is 17.5. The summed E-state index contributed by atoms with van der Waals surface area (Å²) in [6, 6.07) is 7.09. The van der Waals surface area contributed by atoms with Gasteiger partial charge in [-0.3, -0.25) is 9.59 Å². The Morgan fingerprint density at radius 1 is 1.22 bits per heavy atom. The summed E-state index contributed by atoms with van der Waals surface area (Å²) in [5, 5.41) is 9.59. The molecule has 1 amide bonds. The number of ether oxygens (including phenoxy) is 1. The van der Waals surface area contributed by atoms with E-state index >= 15 is 0 Å². The average molecular weight is 387 g/mol. The SMILES string of the molecule is O=C(OCc1nnc(-c2ccco2)o1)C1CCN(C(=O)c2cccs2)CC1. The summed E-state index contributed by atoms with van der Waals surface area (Å²) in [4.78, 5) is 27.1. The average Bonchev–Trinajstić information content (AvgIpc) is 3.47. The minimum atomic E-state index is -0.309. The molecule has 0 aromatic carbocycles. The number of aromatic nitrogens is 2. The lowest BCUT2D eigenvalue weighted by Crippen LogP contribution is -2.40. The lowest BCUT2D eigenvalue weighted by atomic mass is 9.97. The molecule has 27 heavy (non-hydrogen) atoms. The van der Waals surface area contributed by atoms with E-state index in [4.69, 9.17) is 13.6 Å². The molecule has 0 bridgehead atoms. The van der Waals surface area contributed by atoms with Gasteiger partial charge in [-0.25, -0.2) is 0 Å². The fraction of sp³-hybridized carbons (Fsp3) is 0.333. The summed E-state index contributed by atoms with van der Waals surface area (Å²) in [5.74, 6) is 0.392. The number of amides is 1. The maximum atomic E-state index is 12.3. The fourth-order valence-corrected chi connectivity index (χ4v) is 3.63. The first-order valence-electron chi connectivity index (χ1n) is 8.56. The first-order chi connectivity index (χ1) is 13.2. The number of nitrogens with zero attached hydrogens (tertiary/aromatic N) is 3. The van der Waals surface area contributed by atoms with Gasteiger partial charge in [0.15, 0.2) is 12.4 Å². The zero-order valence-corrected chi connectivity index (χ0v) is 15.2. The lowest BCUT2D eigenvalue weighted by Gasteiger charge is -2.30. The van der Waals surface area contributed by atoms with Gasteiger partial charge in [-0.1, -0.05) is 6.07 Å². The number of likely N-dealkylation sites (tertiary alicyclic amines) is 1. The highest BCUT2D eigenvalue weighted by Gasteiger charge is 2.29. The summed E-state index contributed by atoms with van der Waals surface area (Å²) in [7, 11) is 0. The number of thiophene rings is 1. The number of esters is 1. The maximum absolute atomic E-state index is 12.3. The maximum Gasteiger partial charge on any atom is 0.309 e. The molecule has 0 spiro atoms. The smallest absolute Gasteiger partial charge is 0.309 e. The van der Waals surface area contributed by atoms with E-state index in [-0.39, 0.29) is 36.2 Å². The Bertz CT molecular complexity index is 895. The van der Waals surface area contributed by atoms with Crippen molar-refractivity contribution in [2.75, 3.05) is 13.1 Å². The molecule has 1 saturated heterocycles. The van der Waals surface area contributed by atoms with E-state index < -0.39 is 0 Å². The number of furan rings is 1. The molecule has 0 atom stereocenters. The minimum Gasteiger partial charge on any atom is -0.459 e. The van der Waals surface area contributed by atoms with Crippen LogP contribution in [0, 0.1) is 5.92 Å². The first-order valence-corrected chi connectivity index (χ1v) is 9.44. The van der Waals surface area contributed by atoms with Crippen molar-refractivity contribution in [2.24, 2.45) is 5.92 Å². The number of hydrogen-bond donors (Lipinski definition) is 0. The predicted octanol–water partition coefficient (Wildman–Crippen LogP) is 2.99. The number of carbonyl (C=O) groups is 2. The van der Waals surface area contributed by atoms with E-state index in [2.05, 4.69) is 10.2 Å². The molecule has 1 aliphatic heterocycles. The molecule has 1 fully saturated rings. The molecule has 0 aliphatic carbocycles. The third-order valence-electron chi connectivity index (χ3n) is 4.38. The molecule has 0 radical (unpaired) electrons. The van der Waals surface area contributed by atoms with E-state index in [1.54, 1.807) is 17.0 Å². The Balaban J connectivity index is 1.26. The number of rotatable bonds is 5. The fourth-order valence-electron chi connectivity index (χ4n) is 2.94. The normalized spacial score (nSPS) is 15.0. The van der Waals surface area contributed by atoms with Crippen molar-refractivity contribution in [3.8, 4) is 11.7 Å². The number of hydrogen-bond acceptors (Lipinski definition) is 8. The third-order valence-corrected chi connectivity index (χ3v) is 5.24. The summed E-state index contributed by atoms with van der Waals surface area (Å²) < 4.78 is 15.9. The molecule has 3 aromatic rings. The summed E-state index contributed by atoms with van der Waals surface area (Å²) in [6.45, 7) is 1.00. The molecular weight excluding hydrogens is 370 g/mol. The largest absolute Gasteiger partial charge is 0.459 e. The molecule has 4 heterocycles. The molecule has 0 N–H and O–H groups in total. The van der Waals surface area contributed by atoms with Crippen molar-refractivity contribution in [2.45, 2.75) is 19.4 Å². The van der Waals surface area contributed by atoms with Crippen LogP contribution in [-0.2, 0) is 16.1 Å². The highest BCUT2D eigenvalue weighted by Crippen LogP contribution is 2.23. The molecule has 1 aliphatic rings. The van der Waals surface area contributed by atoms with Crippen molar-refractivity contribution in [1.82, 2.24) is 15.1 Å². The van der Waals surface area contributed by atoms with Gasteiger partial charge in [0.1, 0.15) is 0 Å². The zero-order chi connectivity index (χ0) is 18.6. The second-order valence-corrected chi connectivity index (χ2v) is 7.08. The van der Waals surface area contributed by atoms with Crippen LogP contribution in [0.3, 0.4) is 0 Å². The van der Waals surface area contributed by atoms with Crippen LogP contribution in [0.4, 0.5) is 0 Å². The zero-order valence-electron chi connectivity index (χ0n) is 14.4. The van der Waals surface area contributed by atoms with E-state index in [0.717, 1.165) is 4.88 Å². The summed E-state index contributed by atoms with van der Waals surface area (Å²) in [5.41, 5.74) is 0. The minimum absolute atomic E-state index is 0.0214. The molecular formula is C18H17N3O5S. The predicted molar refractivity (Wildman–Crippen MR) is 94.7 cm³/mol. The molecule has 0 saturated carbocycles. The van der Waals surface area contributed by atoms with Crippen LogP contribution in [0.15, 0.2) is 44.7 Å². The standard InChI is InChI=1S/C18H17N3O5S/c22-17(14-4-2-10-27-14)21-7-5-12(6-8-21)18(23)25-11-15-19-20-16(26-15)13-3-1-9-24-13/h1-4,9-10,12H,5-8,11H2. The van der Waals surface area contributed by atoms with Gasteiger partial charge in [0.25, 0.3) is 17.7 Å². The lowest BCUT2D eigenvalue weighted by molar-refractivity contribution is -0.152. The second-order valence-electron chi connectivity index (χ2n) is 6.13. The Labute approximate surface area is 158 Å². The molecule has 140 valence electrons. The highest BCUT2D eigenvalue weighted by molar-refractivity contribution is 7.12. The van der Waals surface area contributed by atoms with Crippen LogP contribution in [0.25, 0.3) is 11.7 Å². The Kier molecular flexibility index (Phi) is 5.01. The van der Waals surface area contributed by atoms with Crippen LogP contribution in [-0.4, -0.2) is 40.1 Å². The van der Waals surface area contributed by atoms with Gasteiger partial charge in [0.2, 0.25) is 0 Å². The van der Waals surface area contributed by atoms with Crippen LogP contribution in [0.2, 0.25) is 0 Å². The van der Waals surface area contributed by atoms with Gasteiger partial charge in [-0.05, 0) is 36.4 Å². The third kappa shape index (κ3) is 3.92. The Morgan fingerprint density at radius 2 is 2.07 bits per heavy atom. The van der Waals surface area contributed by atoms with Crippen molar-refractivity contribution in [3.05, 3.63) is 46.7 Å². The summed E-state index contributed by atoms with van der Waals surface area (Å²) in [6.07, 6.45) is 2.67. The van der Waals surface area contributed by atoms with Gasteiger partial charge >= 0.3 is 5.97 Å². The number of carbonyl (C=O) groups excluding carboxylic acids is 2. The van der Waals surface area contributed by atoms with Crippen LogP contribution in [0.1, 0.15) is 28.4 Å². The van der Waals surface area contributed by atoms with Crippen LogP contribution in [0.5, 0.6) is 0 Å². The van der Waals surface area contributed by atoms with E-state index in [9.17, 15) is 9.59 Å². The Morgan fingerprint density at radius 3 is 2.78 bits per heavy atom. The van der Waals surface area contributed by atoms with E-state index in [0.29, 0.717) is 31.7 Å². The van der Waals surface area contributed by atoms with E-state index in [1.165, 1.54) is 17.6 Å². The molecule has 3 aromatic heterocycles. The topological polar surface area (TPSA) is 98.7 Å². The second kappa shape index (κ2) is 7.75. The van der Waals surface area contributed by atoms with Gasteiger partial charge in [0.05, 0.1) is 17.1 Å². The van der Waals surface area contributed by atoms with Crippen molar-refractivity contribution in [1.29, 1.82) is 0 Å². The van der Waals surface area contributed by atoms with Crippen molar-refractivity contribution < 1.29 is 23.2 Å². The molecule has 4 rings (SSSR count). The monoisotopic (exact) mass is 387 g/mol. The van der Waals surface area contributed by atoms with Gasteiger partial charge in [-0.2, -0.15) is 0 Å². The highest BCUT2D eigenvalue weighted by atomic mass is 32.1. The van der Waals surface area contributed by atoms with Gasteiger partial charge in [-0.15, -0.1) is 21.5 Å². The number of piperidine rings is 1. The van der Waals surface area contributed by atoms with Crippen molar-refractivity contribution in [3.63, 3.8) is 0 Å². The van der Waals surface area contributed by atoms with Crippen LogP contribution < -0.4 is 0 Å². The molecule has 8 nitrogen and oxygen atoms in total. The summed E-state index contributed by atoms with van der Waals surface area (Å²) >= 11 is 1.43. The van der Waals surface area contributed by atoms with Gasteiger partial charge in [0, 0.05) is 13.1 Å². The molecule has 0 unspecified atom stereocenters. The van der Waals surface area contributed by atoms with Gasteiger partial charge < -0.3 is 18.5 Å². The van der Waals surface area contributed by atoms with E-state index in [1.807, 2.05) is 17.5 Å². The Hall–Kier alpha value is -2.94. The van der Waals surface area contributed by atoms with Crippen molar-refractivity contribution >= 4 is 23.2 Å². The molecule has 9 heteroatoms.